The maximum Gasteiger partial charge on any atom is 0.333 e. The van der Waals surface area contributed by atoms with E-state index in [0.29, 0.717) is 5.69 Å². The lowest BCUT2D eigenvalue weighted by Crippen LogP contribution is -2.24. The second-order valence-electron chi connectivity index (χ2n) is 4.56. The van der Waals surface area contributed by atoms with Crippen molar-refractivity contribution in [3.8, 4) is 0 Å². The smallest absolute Gasteiger partial charge is 0.333 e. The number of hydrogen-bond acceptors (Lipinski definition) is 3. The summed E-state index contributed by atoms with van der Waals surface area (Å²) in [5, 5.41) is 2.90. The molecule has 21 heavy (non-hydrogen) atoms. The fourth-order valence-corrected chi connectivity index (χ4v) is 2.02. The summed E-state index contributed by atoms with van der Waals surface area (Å²) in [6.45, 7) is 1.85. The van der Waals surface area contributed by atoms with Crippen LogP contribution in [-0.4, -0.2) is 13.1 Å². The second kappa shape index (κ2) is 6.35. The lowest BCUT2D eigenvalue weighted by molar-refractivity contribution is -0.141. The number of ether oxygens (including phenoxy) is 1. The van der Waals surface area contributed by atoms with Gasteiger partial charge in [0, 0.05) is 11.3 Å². The number of anilines is 1. The Balaban J connectivity index is 2.42. The van der Waals surface area contributed by atoms with E-state index in [9.17, 15) is 13.6 Å². The van der Waals surface area contributed by atoms with Gasteiger partial charge in [0.25, 0.3) is 0 Å². The molecule has 0 radical (unpaired) electrons. The molecule has 0 aliphatic heterocycles. The standard InChI is InChI=1S/C16H15F2NO2/c1-10-6-3-4-9-13(10)19-15(16(20)21-2)11-7-5-8-12(17)14(11)18/h3-9,15,19H,1-2H3. The van der Waals surface area contributed by atoms with Crippen molar-refractivity contribution in [3.05, 3.63) is 65.2 Å². The van der Waals surface area contributed by atoms with Gasteiger partial charge in [0.2, 0.25) is 0 Å². The summed E-state index contributed by atoms with van der Waals surface area (Å²) in [4.78, 5) is 11.9. The van der Waals surface area contributed by atoms with Crippen LogP contribution in [0.25, 0.3) is 0 Å². The third kappa shape index (κ3) is 3.18. The Morgan fingerprint density at radius 1 is 1.14 bits per heavy atom. The zero-order valence-corrected chi connectivity index (χ0v) is 11.7. The number of rotatable bonds is 4. The van der Waals surface area contributed by atoms with Crippen molar-refractivity contribution in [2.45, 2.75) is 13.0 Å². The summed E-state index contributed by atoms with van der Waals surface area (Å²) in [5.74, 6) is -2.76. The molecule has 2 aromatic rings. The van der Waals surface area contributed by atoms with Crippen LogP contribution in [0.15, 0.2) is 42.5 Å². The molecule has 1 atom stereocenters. The molecule has 2 rings (SSSR count). The van der Waals surface area contributed by atoms with Gasteiger partial charge < -0.3 is 10.1 Å². The summed E-state index contributed by atoms with van der Waals surface area (Å²) in [5.41, 5.74) is 1.44. The van der Waals surface area contributed by atoms with Gasteiger partial charge in [0.1, 0.15) is 0 Å². The number of hydrogen-bond donors (Lipinski definition) is 1. The minimum Gasteiger partial charge on any atom is -0.467 e. The highest BCUT2D eigenvalue weighted by Gasteiger charge is 2.26. The van der Waals surface area contributed by atoms with Crippen molar-refractivity contribution in [3.63, 3.8) is 0 Å². The molecule has 0 saturated carbocycles. The Bertz CT molecular complexity index is 658. The van der Waals surface area contributed by atoms with Gasteiger partial charge in [-0.3, -0.25) is 0 Å². The molecule has 3 nitrogen and oxygen atoms in total. The number of halogens is 2. The minimum absolute atomic E-state index is 0.0925. The average molecular weight is 291 g/mol. The molecule has 5 heteroatoms. The first-order chi connectivity index (χ1) is 10.0. The van der Waals surface area contributed by atoms with Crippen LogP contribution >= 0.6 is 0 Å². The van der Waals surface area contributed by atoms with Crippen LogP contribution in [0.3, 0.4) is 0 Å². The summed E-state index contributed by atoms with van der Waals surface area (Å²) >= 11 is 0. The summed E-state index contributed by atoms with van der Waals surface area (Å²) in [7, 11) is 1.20. The fraction of sp³-hybridized carbons (Fsp3) is 0.188. The Kier molecular flexibility index (Phi) is 4.52. The van der Waals surface area contributed by atoms with Crippen LogP contribution in [-0.2, 0) is 9.53 Å². The van der Waals surface area contributed by atoms with Crippen molar-refractivity contribution in [1.29, 1.82) is 0 Å². The molecular formula is C16H15F2NO2. The largest absolute Gasteiger partial charge is 0.467 e. The van der Waals surface area contributed by atoms with E-state index in [1.165, 1.54) is 19.2 Å². The molecule has 0 amide bonds. The van der Waals surface area contributed by atoms with E-state index >= 15 is 0 Å². The van der Waals surface area contributed by atoms with Crippen LogP contribution in [0.5, 0.6) is 0 Å². The highest BCUT2D eigenvalue weighted by Crippen LogP contribution is 2.26. The lowest BCUT2D eigenvalue weighted by Gasteiger charge is -2.20. The van der Waals surface area contributed by atoms with Crippen LogP contribution in [0.4, 0.5) is 14.5 Å². The molecule has 0 spiro atoms. The molecule has 0 fully saturated rings. The van der Waals surface area contributed by atoms with Crippen molar-refractivity contribution in [2.24, 2.45) is 0 Å². The summed E-state index contributed by atoms with van der Waals surface area (Å²) in [6, 6.07) is 9.81. The van der Waals surface area contributed by atoms with Crippen LogP contribution in [0, 0.1) is 18.6 Å². The van der Waals surface area contributed by atoms with Gasteiger partial charge in [0.15, 0.2) is 17.7 Å². The van der Waals surface area contributed by atoms with Gasteiger partial charge in [-0.2, -0.15) is 0 Å². The zero-order valence-electron chi connectivity index (χ0n) is 11.7. The van der Waals surface area contributed by atoms with E-state index in [1.54, 1.807) is 12.1 Å². The quantitative estimate of drug-likeness (QED) is 0.875. The number of benzene rings is 2. The van der Waals surface area contributed by atoms with Crippen LogP contribution in [0.2, 0.25) is 0 Å². The molecule has 1 N–H and O–H groups in total. The van der Waals surface area contributed by atoms with E-state index in [2.05, 4.69) is 10.1 Å². The molecule has 2 aromatic carbocycles. The molecule has 0 aromatic heterocycles. The van der Waals surface area contributed by atoms with Crippen LogP contribution in [0.1, 0.15) is 17.2 Å². The van der Waals surface area contributed by atoms with E-state index in [0.717, 1.165) is 11.6 Å². The van der Waals surface area contributed by atoms with Crippen LogP contribution < -0.4 is 5.32 Å². The third-order valence-corrected chi connectivity index (χ3v) is 3.17. The maximum absolute atomic E-state index is 13.9. The average Bonchev–Trinajstić information content (AvgIpc) is 2.49. The first-order valence-electron chi connectivity index (χ1n) is 6.38. The Morgan fingerprint density at radius 2 is 1.86 bits per heavy atom. The van der Waals surface area contributed by atoms with Gasteiger partial charge in [0.05, 0.1) is 7.11 Å². The number of carbonyl (C=O) groups is 1. The molecule has 0 aliphatic rings. The highest BCUT2D eigenvalue weighted by atomic mass is 19.2. The Morgan fingerprint density at radius 3 is 2.52 bits per heavy atom. The third-order valence-electron chi connectivity index (χ3n) is 3.17. The molecule has 110 valence electrons. The number of esters is 1. The van der Waals surface area contributed by atoms with Gasteiger partial charge in [-0.05, 0) is 24.6 Å². The van der Waals surface area contributed by atoms with Crippen molar-refractivity contribution in [2.75, 3.05) is 12.4 Å². The zero-order chi connectivity index (χ0) is 15.4. The lowest BCUT2D eigenvalue weighted by atomic mass is 10.0. The van der Waals surface area contributed by atoms with E-state index in [1.807, 2.05) is 19.1 Å². The minimum atomic E-state index is -1.12. The number of methoxy groups -OCH3 is 1. The van der Waals surface area contributed by atoms with Gasteiger partial charge in [-0.15, -0.1) is 0 Å². The molecular weight excluding hydrogens is 276 g/mol. The summed E-state index contributed by atoms with van der Waals surface area (Å²) in [6.07, 6.45) is 0. The van der Waals surface area contributed by atoms with Gasteiger partial charge in [-0.25, -0.2) is 13.6 Å². The molecule has 0 heterocycles. The number of carbonyl (C=O) groups excluding carboxylic acids is 1. The fourth-order valence-electron chi connectivity index (χ4n) is 2.02. The SMILES string of the molecule is COC(=O)C(Nc1ccccc1C)c1cccc(F)c1F. The Hall–Kier alpha value is -2.43. The number of para-hydroxylation sites is 1. The summed E-state index contributed by atoms with van der Waals surface area (Å²) < 4.78 is 32.0. The topological polar surface area (TPSA) is 38.3 Å². The first kappa shape index (κ1) is 15.0. The van der Waals surface area contributed by atoms with Crippen molar-refractivity contribution < 1.29 is 18.3 Å². The second-order valence-corrected chi connectivity index (χ2v) is 4.56. The van der Waals surface area contributed by atoms with Crippen molar-refractivity contribution in [1.82, 2.24) is 0 Å². The Labute approximate surface area is 121 Å². The van der Waals surface area contributed by atoms with E-state index in [4.69, 9.17) is 0 Å². The van der Waals surface area contributed by atoms with Crippen molar-refractivity contribution >= 4 is 11.7 Å². The van der Waals surface area contributed by atoms with E-state index in [-0.39, 0.29) is 5.56 Å². The predicted molar refractivity (Wildman–Crippen MR) is 75.9 cm³/mol. The molecule has 1 unspecified atom stereocenters. The molecule has 0 saturated heterocycles. The number of aryl methyl sites for hydroxylation is 1. The number of nitrogens with one attached hydrogen (secondary N) is 1. The molecule has 0 aliphatic carbocycles. The first-order valence-corrected chi connectivity index (χ1v) is 6.38. The predicted octanol–water partition coefficient (Wildman–Crippen LogP) is 3.60. The van der Waals surface area contributed by atoms with Gasteiger partial charge >= 0.3 is 5.97 Å². The monoisotopic (exact) mass is 291 g/mol. The van der Waals surface area contributed by atoms with Gasteiger partial charge in [-0.1, -0.05) is 30.3 Å². The van der Waals surface area contributed by atoms with E-state index < -0.39 is 23.6 Å². The molecule has 0 bridgehead atoms. The maximum atomic E-state index is 13.9. The normalized spacial score (nSPS) is 11.8. The highest BCUT2D eigenvalue weighted by molar-refractivity contribution is 5.81.